The molecule has 0 unspecified atom stereocenters. The number of benzene rings is 1. The predicted octanol–water partition coefficient (Wildman–Crippen LogP) is 3.86. The van der Waals surface area contributed by atoms with E-state index in [1.165, 1.54) is 0 Å². The molecule has 1 aromatic carbocycles. The zero-order valence-corrected chi connectivity index (χ0v) is 13.5. The van der Waals surface area contributed by atoms with E-state index < -0.39 is 5.54 Å². The molecule has 118 valence electrons. The molecule has 1 saturated heterocycles. The Morgan fingerprint density at radius 2 is 2.09 bits per heavy atom. The van der Waals surface area contributed by atoms with Crippen LogP contribution in [0.1, 0.15) is 38.2 Å². The number of carbonyl (C=O) groups excluding carboxylic acids is 1. The van der Waals surface area contributed by atoms with Crippen molar-refractivity contribution in [2.75, 3.05) is 19.8 Å². The van der Waals surface area contributed by atoms with Crippen molar-refractivity contribution in [2.24, 2.45) is 10.4 Å². The number of hydrogen-bond acceptors (Lipinski definition) is 4. The molecule has 1 aromatic rings. The molecule has 3 rings (SSSR count). The van der Waals surface area contributed by atoms with Gasteiger partial charge in [-0.25, -0.2) is 4.79 Å². The molecule has 0 N–H and O–H groups in total. The van der Waals surface area contributed by atoms with Gasteiger partial charge in [-0.2, -0.15) is 4.99 Å². The van der Waals surface area contributed by atoms with Crippen molar-refractivity contribution in [3.05, 3.63) is 28.8 Å². The van der Waals surface area contributed by atoms with Gasteiger partial charge in [-0.05, 0) is 30.5 Å². The Kier molecular flexibility index (Phi) is 4.26. The molecule has 1 aliphatic heterocycles. The topological polar surface area (TPSA) is 47.9 Å². The SMILES string of the molecule is CC1(COc2ccc(C3(N=C=O)CCCC3)cc2Cl)COC1. The highest BCUT2D eigenvalue weighted by Crippen LogP contribution is 2.44. The van der Waals surface area contributed by atoms with E-state index in [4.69, 9.17) is 21.1 Å². The normalized spacial score (nSPS) is 21.7. The Hall–Kier alpha value is -1.35. The second-order valence-corrected chi connectivity index (χ2v) is 7.09. The van der Waals surface area contributed by atoms with Crippen molar-refractivity contribution in [1.29, 1.82) is 0 Å². The van der Waals surface area contributed by atoms with Crippen molar-refractivity contribution in [2.45, 2.75) is 38.1 Å². The first-order chi connectivity index (χ1) is 10.6. The van der Waals surface area contributed by atoms with E-state index in [0.29, 0.717) is 17.4 Å². The number of rotatable bonds is 5. The Labute approximate surface area is 135 Å². The first-order valence-corrected chi connectivity index (χ1v) is 8.04. The molecule has 1 heterocycles. The van der Waals surface area contributed by atoms with Crippen LogP contribution in [0.4, 0.5) is 0 Å². The molecule has 5 heteroatoms. The minimum absolute atomic E-state index is 0.0798. The van der Waals surface area contributed by atoms with Gasteiger partial charge in [0.1, 0.15) is 5.75 Å². The summed E-state index contributed by atoms with van der Waals surface area (Å²) >= 11 is 6.36. The lowest BCUT2D eigenvalue weighted by molar-refractivity contribution is -0.120. The highest BCUT2D eigenvalue weighted by atomic mass is 35.5. The molecule has 22 heavy (non-hydrogen) atoms. The Morgan fingerprint density at radius 1 is 1.36 bits per heavy atom. The second kappa shape index (κ2) is 6.04. The lowest BCUT2D eigenvalue weighted by Crippen LogP contribution is -2.44. The van der Waals surface area contributed by atoms with Crippen molar-refractivity contribution in [3.63, 3.8) is 0 Å². The third-order valence-electron chi connectivity index (χ3n) is 4.64. The van der Waals surface area contributed by atoms with Gasteiger partial charge in [-0.1, -0.05) is 37.4 Å². The molecule has 0 aromatic heterocycles. The maximum Gasteiger partial charge on any atom is 0.235 e. The molecule has 0 bridgehead atoms. The third kappa shape index (κ3) is 2.91. The standard InChI is InChI=1S/C17H20ClNO3/c1-16(9-21-10-16)11-22-15-5-4-13(8-14(15)18)17(19-12-20)6-2-3-7-17/h4-5,8H,2-3,6-7,9-11H2,1H3. The molecule has 0 atom stereocenters. The summed E-state index contributed by atoms with van der Waals surface area (Å²) in [4.78, 5) is 14.9. The van der Waals surface area contributed by atoms with Gasteiger partial charge in [0.05, 0.1) is 30.4 Å². The number of halogens is 1. The molecule has 2 aliphatic rings. The van der Waals surface area contributed by atoms with Gasteiger partial charge in [-0.3, -0.25) is 0 Å². The summed E-state index contributed by atoms with van der Waals surface area (Å²) in [5, 5.41) is 0.564. The summed E-state index contributed by atoms with van der Waals surface area (Å²) < 4.78 is 11.1. The van der Waals surface area contributed by atoms with Crippen LogP contribution in [-0.4, -0.2) is 25.9 Å². The predicted molar refractivity (Wildman–Crippen MR) is 84.1 cm³/mol. The van der Waals surface area contributed by atoms with E-state index in [-0.39, 0.29) is 5.41 Å². The monoisotopic (exact) mass is 321 g/mol. The fourth-order valence-corrected chi connectivity index (χ4v) is 3.44. The number of isocyanates is 1. The highest BCUT2D eigenvalue weighted by molar-refractivity contribution is 6.32. The molecular weight excluding hydrogens is 302 g/mol. The van der Waals surface area contributed by atoms with Crippen LogP contribution in [0.15, 0.2) is 23.2 Å². The van der Waals surface area contributed by atoms with Crippen LogP contribution in [-0.2, 0) is 15.1 Å². The summed E-state index contributed by atoms with van der Waals surface area (Å²) in [6.45, 7) is 4.16. The molecular formula is C17H20ClNO3. The lowest BCUT2D eigenvalue weighted by atomic mass is 9.89. The van der Waals surface area contributed by atoms with Gasteiger partial charge in [0, 0.05) is 5.41 Å². The molecule has 0 spiro atoms. The number of ether oxygens (including phenoxy) is 2. The van der Waals surface area contributed by atoms with E-state index >= 15 is 0 Å². The number of nitrogens with zero attached hydrogens (tertiary/aromatic N) is 1. The van der Waals surface area contributed by atoms with Gasteiger partial charge in [0.2, 0.25) is 6.08 Å². The zero-order chi connectivity index (χ0) is 15.6. The number of aliphatic imine (C=N–C) groups is 1. The van der Waals surface area contributed by atoms with E-state index in [2.05, 4.69) is 11.9 Å². The maximum atomic E-state index is 10.8. The Bertz CT molecular complexity index is 600. The quantitative estimate of drug-likeness (QED) is 0.611. The molecule has 0 radical (unpaired) electrons. The zero-order valence-electron chi connectivity index (χ0n) is 12.7. The van der Waals surface area contributed by atoms with Crippen molar-refractivity contribution >= 4 is 17.7 Å². The summed E-state index contributed by atoms with van der Waals surface area (Å²) in [5.41, 5.74) is 0.609. The lowest BCUT2D eigenvalue weighted by Gasteiger charge is -2.37. The maximum absolute atomic E-state index is 10.8. The molecule has 0 amide bonds. The minimum atomic E-state index is -0.447. The van der Waals surface area contributed by atoms with Crippen LogP contribution in [0.2, 0.25) is 5.02 Å². The first kappa shape index (κ1) is 15.5. The van der Waals surface area contributed by atoms with E-state index in [1.807, 2.05) is 18.2 Å². The van der Waals surface area contributed by atoms with Crippen LogP contribution in [0.25, 0.3) is 0 Å². The van der Waals surface area contributed by atoms with Crippen molar-refractivity contribution in [1.82, 2.24) is 0 Å². The first-order valence-electron chi connectivity index (χ1n) is 7.67. The number of hydrogen-bond donors (Lipinski definition) is 0. The molecule has 2 fully saturated rings. The van der Waals surface area contributed by atoms with Gasteiger partial charge in [-0.15, -0.1) is 0 Å². The van der Waals surface area contributed by atoms with Gasteiger partial charge in [0.15, 0.2) is 0 Å². The fourth-order valence-electron chi connectivity index (χ4n) is 3.21. The smallest absolute Gasteiger partial charge is 0.235 e. The Morgan fingerprint density at radius 3 is 2.64 bits per heavy atom. The second-order valence-electron chi connectivity index (χ2n) is 6.68. The van der Waals surface area contributed by atoms with E-state index in [0.717, 1.165) is 44.5 Å². The largest absolute Gasteiger partial charge is 0.491 e. The van der Waals surface area contributed by atoms with Crippen LogP contribution < -0.4 is 4.74 Å². The summed E-state index contributed by atoms with van der Waals surface area (Å²) in [6.07, 6.45) is 5.61. The van der Waals surface area contributed by atoms with Gasteiger partial charge < -0.3 is 9.47 Å². The molecule has 4 nitrogen and oxygen atoms in total. The van der Waals surface area contributed by atoms with Crippen LogP contribution in [0.3, 0.4) is 0 Å². The van der Waals surface area contributed by atoms with Gasteiger partial charge in [0.25, 0.3) is 0 Å². The van der Waals surface area contributed by atoms with Crippen LogP contribution in [0.5, 0.6) is 5.75 Å². The minimum Gasteiger partial charge on any atom is -0.491 e. The third-order valence-corrected chi connectivity index (χ3v) is 4.93. The van der Waals surface area contributed by atoms with E-state index in [1.54, 1.807) is 6.08 Å². The Balaban J connectivity index is 1.78. The summed E-state index contributed by atoms with van der Waals surface area (Å²) in [6, 6.07) is 5.72. The average Bonchev–Trinajstić information content (AvgIpc) is 2.94. The van der Waals surface area contributed by atoms with Gasteiger partial charge >= 0.3 is 0 Å². The molecule has 1 aliphatic carbocycles. The van der Waals surface area contributed by atoms with Crippen molar-refractivity contribution in [3.8, 4) is 5.75 Å². The fraction of sp³-hybridized carbons (Fsp3) is 0.588. The molecule has 1 saturated carbocycles. The summed E-state index contributed by atoms with van der Waals surface area (Å²) in [7, 11) is 0. The van der Waals surface area contributed by atoms with Crippen LogP contribution >= 0.6 is 11.6 Å². The van der Waals surface area contributed by atoms with E-state index in [9.17, 15) is 4.79 Å². The van der Waals surface area contributed by atoms with Crippen LogP contribution in [0, 0.1) is 5.41 Å². The highest BCUT2D eigenvalue weighted by Gasteiger charge is 2.37. The van der Waals surface area contributed by atoms with Crippen molar-refractivity contribution < 1.29 is 14.3 Å². The average molecular weight is 322 g/mol. The summed E-state index contributed by atoms with van der Waals surface area (Å²) in [5.74, 6) is 0.668.